The number of para-hydroxylation sites is 1. The fraction of sp³-hybridized carbons (Fsp3) is 0.265. The Morgan fingerprint density at radius 2 is 1.78 bits per heavy atom. The minimum atomic E-state index is -1.35. The molecule has 0 radical (unpaired) electrons. The molecule has 12 nitrogen and oxygen atoms in total. The average Bonchev–Trinajstić information content (AvgIpc) is 3.59. The highest BCUT2D eigenvalue weighted by molar-refractivity contribution is 6.23. The second-order valence-electron chi connectivity index (χ2n) is 12.4. The van der Waals surface area contributed by atoms with Gasteiger partial charge in [0.05, 0.1) is 36.4 Å². The number of pyridine rings is 1. The lowest BCUT2D eigenvalue weighted by atomic mass is 9.90. The van der Waals surface area contributed by atoms with Crippen molar-refractivity contribution in [3.63, 3.8) is 0 Å². The Morgan fingerprint density at radius 1 is 1.00 bits per heavy atom. The first-order chi connectivity index (χ1) is 22.0. The van der Waals surface area contributed by atoms with Crippen LogP contribution in [0.2, 0.25) is 0 Å². The summed E-state index contributed by atoms with van der Waals surface area (Å²) >= 11 is 0. The predicted molar refractivity (Wildman–Crippen MR) is 170 cm³/mol. The van der Waals surface area contributed by atoms with Gasteiger partial charge in [-0.25, -0.2) is 19.5 Å². The van der Waals surface area contributed by atoms with E-state index in [2.05, 4.69) is 10.4 Å². The van der Waals surface area contributed by atoms with Crippen LogP contribution in [0.1, 0.15) is 44.2 Å². The molecule has 2 aromatic heterocycles. The van der Waals surface area contributed by atoms with Crippen LogP contribution in [0.5, 0.6) is 11.5 Å². The van der Waals surface area contributed by atoms with Crippen molar-refractivity contribution in [3.05, 3.63) is 77.9 Å². The first-order valence-electron chi connectivity index (χ1n) is 14.7. The van der Waals surface area contributed by atoms with Crippen LogP contribution in [0.4, 0.5) is 26.9 Å². The number of hydrogen-bond acceptors (Lipinski definition) is 9. The van der Waals surface area contributed by atoms with E-state index in [0.717, 1.165) is 15.8 Å². The Labute approximate surface area is 263 Å². The van der Waals surface area contributed by atoms with Gasteiger partial charge in [-0.2, -0.15) is 4.68 Å². The van der Waals surface area contributed by atoms with Gasteiger partial charge in [-0.3, -0.25) is 4.79 Å². The number of anilines is 3. The van der Waals surface area contributed by atoms with Crippen molar-refractivity contribution in [2.75, 3.05) is 24.4 Å². The molecule has 2 N–H and O–H groups in total. The standard InChI is InChI=1S/C34H31N5O7/c1-33(2,3)46-32(43)39-25-12-8-10-20(22-17-34(22)21-16-19(44-4)13-14-24(21)38(30(34)40)31(41)42)27(25)29(37-39)36-28-26(45-5)15-18-9-6-7-11-23(18)35-28/h6-16,22H,17H2,1-5H3,(H,41,42)(H,35,36,37)/t22-,34-/m0/s1. The molecule has 46 heavy (non-hydrogen) atoms. The maximum atomic E-state index is 13.9. The van der Waals surface area contributed by atoms with Crippen LogP contribution in [0.25, 0.3) is 21.8 Å². The topological polar surface area (TPSA) is 145 Å². The first kappa shape index (κ1) is 29.1. The van der Waals surface area contributed by atoms with E-state index in [-0.39, 0.29) is 0 Å². The Balaban J connectivity index is 1.41. The number of amides is 2. The minimum Gasteiger partial charge on any atom is -0.497 e. The largest absolute Gasteiger partial charge is 0.497 e. The van der Waals surface area contributed by atoms with Crippen LogP contribution in [0.15, 0.2) is 66.7 Å². The van der Waals surface area contributed by atoms with Crippen LogP contribution >= 0.6 is 0 Å². The number of fused-ring (bicyclic) bond motifs is 4. The van der Waals surface area contributed by atoms with Crippen LogP contribution < -0.4 is 19.7 Å². The molecule has 3 heterocycles. The molecule has 7 rings (SSSR count). The SMILES string of the molecule is COc1ccc2c(c1)[C@]1(C[C@H]1c1cccc3c1c(Nc1nc4ccccc4cc1OC)nn3C(=O)OC(C)(C)C)C(=O)N2C(=O)O. The van der Waals surface area contributed by atoms with Gasteiger partial charge in [-0.05, 0) is 74.7 Å². The molecule has 5 aromatic rings. The molecule has 0 saturated heterocycles. The van der Waals surface area contributed by atoms with Crippen LogP contribution in [0, 0.1) is 0 Å². The summed E-state index contributed by atoms with van der Waals surface area (Å²) in [6.07, 6.45) is -1.69. The number of hydrogen-bond donors (Lipinski definition) is 2. The maximum Gasteiger partial charge on any atom is 0.435 e. The van der Waals surface area contributed by atoms with Gasteiger partial charge in [0, 0.05) is 16.7 Å². The molecule has 1 aliphatic carbocycles. The summed E-state index contributed by atoms with van der Waals surface area (Å²) in [5.74, 6) is 0.686. The zero-order valence-corrected chi connectivity index (χ0v) is 25.8. The molecule has 1 spiro atoms. The fourth-order valence-electron chi connectivity index (χ4n) is 6.45. The van der Waals surface area contributed by atoms with Crippen molar-refractivity contribution in [2.45, 2.75) is 44.1 Å². The highest BCUT2D eigenvalue weighted by atomic mass is 16.6. The number of rotatable bonds is 5. The quantitative estimate of drug-likeness (QED) is 0.221. The first-order valence-corrected chi connectivity index (χ1v) is 14.7. The Hall–Kier alpha value is -5.65. The Morgan fingerprint density at radius 3 is 2.50 bits per heavy atom. The number of carbonyl (C=O) groups is 3. The number of benzene rings is 3. The number of imide groups is 1. The maximum absolute atomic E-state index is 13.9. The molecule has 1 saturated carbocycles. The third-order valence-electron chi connectivity index (χ3n) is 8.49. The van der Waals surface area contributed by atoms with Gasteiger partial charge in [-0.1, -0.05) is 30.3 Å². The summed E-state index contributed by atoms with van der Waals surface area (Å²) in [5, 5.41) is 19.4. The number of carboxylic acid groups (broad SMARTS) is 1. The number of aromatic nitrogens is 3. The molecule has 0 unspecified atom stereocenters. The molecule has 1 fully saturated rings. The third kappa shape index (κ3) is 4.39. The van der Waals surface area contributed by atoms with E-state index < -0.39 is 35.0 Å². The van der Waals surface area contributed by atoms with Crippen molar-refractivity contribution >= 4 is 57.2 Å². The molecule has 1 aliphatic heterocycles. The van der Waals surface area contributed by atoms with E-state index in [9.17, 15) is 19.5 Å². The monoisotopic (exact) mass is 621 g/mol. The zero-order chi connectivity index (χ0) is 32.5. The Kier molecular flexibility index (Phi) is 6.44. The second kappa shape index (κ2) is 10.2. The van der Waals surface area contributed by atoms with Crippen molar-refractivity contribution in [1.82, 2.24) is 14.8 Å². The summed E-state index contributed by atoms with van der Waals surface area (Å²) in [5.41, 5.74) is 0.837. The van der Waals surface area contributed by atoms with E-state index in [1.165, 1.54) is 11.8 Å². The molecule has 234 valence electrons. The van der Waals surface area contributed by atoms with Crippen LogP contribution in [0.3, 0.4) is 0 Å². The van der Waals surface area contributed by atoms with Gasteiger partial charge in [-0.15, -0.1) is 5.10 Å². The summed E-state index contributed by atoms with van der Waals surface area (Å²) in [6.45, 7) is 5.31. The highest BCUT2D eigenvalue weighted by Crippen LogP contribution is 2.67. The van der Waals surface area contributed by atoms with Crippen molar-refractivity contribution in [3.8, 4) is 11.5 Å². The Bertz CT molecular complexity index is 2100. The van der Waals surface area contributed by atoms with E-state index >= 15 is 0 Å². The van der Waals surface area contributed by atoms with Gasteiger partial charge in [0.25, 0.3) is 0 Å². The summed E-state index contributed by atoms with van der Waals surface area (Å²) in [7, 11) is 3.06. The normalized spacial score (nSPS) is 18.6. The summed E-state index contributed by atoms with van der Waals surface area (Å²) in [4.78, 5) is 45.3. The number of ether oxygens (including phenoxy) is 3. The highest BCUT2D eigenvalue weighted by Gasteiger charge is 2.68. The average molecular weight is 622 g/mol. The molecular formula is C34H31N5O7. The van der Waals surface area contributed by atoms with Gasteiger partial charge >= 0.3 is 12.2 Å². The zero-order valence-electron chi connectivity index (χ0n) is 25.8. The van der Waals surface area contributed by atoms with Gasteiger partial charge in [0.1, 0.15) is 11.4 Å². The van der Waals surface area contributed by atoms with Crippen molar-refractivity contribution < 1.29 is 33.7 Å². The van der Waals surface area contributed by atoms with E-state index in [0.29, 0.717) is 57.3 Å². The van der Waals surface area contributed by atoms with E-state index in [4.69, 9.17) is 19.2 Å². The summed E-state index contributed by atoms with van der Waals surface area (Å²) < 4.78 is 18.0. The fourth-order valence-corrected chi connectivity index (χ4v) is 6.45. The smallest absolute Gasteiger partial charge is 0.435 e. The van der Waals surface area contributed by atoms with Gasteiger partial charge in [0.15, 0.2) is 17.4 Å². The lowest BCUT2D eigenvalue weighted by Crippen LogP contribution is -2.36. The molecule has 12 heteroatoms. The summed E-state index contributed by atoms with van der Waals surface area (Å²) in [6, 6.07) is 19.8. The number of carbonyl (C=O) groups excluding carboxylic acids is 2. The number of methoxy groups -OCH3 is 2. The van der Waals surface area contributed by atoms with Crippen LogP contribution in [-0.4, -0.2) is 57.8 Å². The second-order valence-corrected chi connectivity index (χ2v) is 12.4. The van der Waals surface area contributed by atoms with Crippen molar-refractivity contribution in [2.24, 2.45) is 0 Å². The molecule has 0 bridgehead atoms. The lowest BCUT2D eigenvalue weighted by Gasteiger charge is -2.19. The minimum absolute atomic E-state index is 0.297. The third-order valence-corrected chi connectivity index (χ3v) is 8.49. The number of nitrogens with zero attached hydrogens (tertiary/aromatic N) is 4. The van der Waals surface area contributed by atoms with Crippen molar-refractivity contribution in [1.29, 1.82) is 0 Å². The van der Waals surface area contributed by atoms with E-state index in [1.54, 1.807) is 58.2 Å². The van der Waals surface area contributed by atoms with Gasteiger partial charge in [0.2, 0.25) is 5.91 Å². The van der Waals surface area contributed by atoms with Crippen LogP contribution in [-0.2, 0) is 14.9 Å². The number of nitrogens with one attached hydrogen (secondary N) is 1. The lowest BCUT2D eigenvalue weighted by molar-refractivity contribution is -0.119. The molecular weight excluding hydrogens is 590 g/mol. The molecule has 3 aromatic carbocycles. The molecule has 2 amide bonds. The van der Waals surface area contributed by atoms with Gasteiger partial charge < -0.3 is 24.6 Å². The molecule has 2 aliphatic rings. The van der Waals surface area contributed by atoms with E-state index in [1.807, 2.05) is 36.4 Å². The predicted octanol–water partition coefficient (Wildman–Crippen LogP) is 6.58. The molecule has 2 atom stereocenters.